The maximum absolute atomic E-state index is 12.3. The van der Waals surface area contributed by atoms with Crippen LogP contribution in [0.5, 0.6) is 0 Å². The number of nitrogens with zero attached hydrogens (tertiary/aromatic N) is 1. The number of likely N-dealkylation sites (tertiary alicyclic amines) is 1. The Kier molecular flexibility index (Phi) is 6.07. The summed E-state index contributed by atoms with van der Waals surface area (Å²) >= 11 is 5.84. The maximum Gasteiger partial charge on any atom is 0.407 e. The molecular weight excluding hydrogens is 304 g/mol. The van der Waals surface area contributed by atoms with Crippen molar-refractivity contribution < 1.29 is 14.3 Å². The van der Waals surface area contributed by atoms with Gasteiger partial charge in [-0.25, -0.2) is 4.79 Å². The lowest BCUT2D eigenvalue weighted by Gasteiger charge is -2.32. The Morgan fingerprint density at radius 3 is 2.50 bits per heavy atom. The largest absolute Gasteiger partial charge is 0.450 e. The highest BCUT2D eigenvalue weighted by molar-refractivity contribution is 6.30. The Morgan fingerprint density at radius 1 is 1.27 bits per heavy atom. The number of amides is 2. The van der Waals surface area contributed by atoms with Gasteiger partial charge in [-0.2, -0.15) is 0 Å². The third kappa shape index (κ3) is 4.91. The summed E-state index contributed by atoms with van der Waals surface area (Å²) in [7, 11) is 0. The summed E-state index contributed by atoms with van der Waals surface area (Å²) in [5.41, 5.74) is 0.959. The normalized spacial score (nSPS) is 15.5. The van der Waals surface area contributed by atoms with E-state index in [2.05, 4.69) is 5.32 Å². The molecule has 22 heavy (non-hydrogen) atoms. The van der Waals surface area contributed by atoms with Crippen molar-refractivity contribution >= 4 is 23.6 Å². The van der Waals surface area contributed by atoms with Gasteiger partial charge in [0.15, 0.2) is 0 Å². The number of halogens is 1. The average molecular weight is 325 g/mol. The molecule has 6 heteroatoms. The first kappa shape index (κ1) is 16.6. The maximum atomic E-state index is 12.3. The molecule has 120 valence electrons. The predicted molar refractivity (Wildman–Crippen MR) is 84.9 cm³/mol. The van der Waals surface area contributed by atoms with Crippen molar-refractivity contribution in [1.82, 2.24) is 10.2 Å². The zero-order chi connectivity index (χ0) is 15.9. The van der Waals surface area contributed by atoms with E-state index in [1.54, 1.807) is 19.1 Å². The summed E-state index contributed by atoms with van der Waals surface area (Å²) in [5, 5.41) is 3.49. The van der Waals surface area contributed by atoms with Gasteiger partial charge in [0.1, 0.15) is 0 Å². The van der Waals surface area contributed by atoms with E-state index in [4.69, 9.17) is 16.3 Å². The van der Waals surface area contributed by atoms with Crippen molar-refractivity contribution in [3.63, 3.8) is 0 Å². The van der Waals surface area contributed by atoms with Crippen LogP contribution in [0.2, 0.25) is 5.02 Å². The lowest BCUT2D eigenvalue weighted by Crippen LogP contribution is -2.47. The fourth-order valence-corrected chi connectivity index (χ4v) is 2.63. The predicted octanol–water partition coefficient (Wildman–Crippen LogP) is 2.62. The third-order valence-electron chi connectivity index (χ3n) is 3.71. The molecule has 1 heterocycles. The molecule has 0 bridgehead atoms. The molecule has 0 aliphatic carbocycles. The number of nitrogens with one attached hydrogen (secondary N) is 1. The second kappa shape index (κ2) is 8.03. The third-order valence-corrected chi connectivity index (χ3v) is 3.97. The average Bonchev–Trinajstić information content (AvgIpc) is 2.50. The smallest absolute Gasteiger partial charge is 0.407 e. The lowest BCUT2D eigenvalue weighted by molar-refractivity contribution is -0.131. The van der Waals surface area contributed by atoms with E-state index in [1.165, 1.54) is 0 Å². The van der Waals surface area contributed by atoms with Crippen molar-refractivity contribution in [2.24, 2.45) is 0 Å². The monoisotopic (exact) mass is 324 g/mol. The fourth-order valence-electron chi connectivity index (χ4n) is 2.50. The summed E-state index contributed by atoms with van der Waals surface area (Å²) in [4.78, 5) is 25.5. The van der Waals surface area contributed by atoms with E-state index in [0.717, 1.165) is 18.4 Å². The number of hydrogen-bond donors (Lipinski definition) is 1. The van der Waals surface area contributed by atoms with E-state index in [1.807, 2.05) is 17.0 Å². The molecule has 2 rings (SSSR count). The summed E-state index contributed by atoms with van der Waals surface area (Å²) in [6, 6.07) is 7.41. The van der Waals surface area contributed by atoms with Gasteiger partial charge in [-0.05, 0) is 37.5 Å². The van der Waals surface area contributed by atoms with Crippen LogP contribution >= 0.6 is 11.6 Å². The number of hydrogen-bond acceptors (Lipinski definition) is 3. The number of benzene rings is 1. The van der Waals surface area contributed by atoms with Crippen molar-refractivity contribution in [3.8, 4) is 0 Å². The van der Waals surface area contributed by atoms with Gasteiger partial charge in [-0.1, -0.05) is 23.7 Å². The zero-order valence-electron chi connectivity index (χ0n) is 12.7. The topological polar surface area (TPSA) is 58.6 Å². The Morgan fingerprint density at radius 2 is 1.91 bits per heavy atom. The molecule has 0 atom stereocenters. The van der Waals surface area contributed by atoms with Gasteiger partial charge in [-0.3, -0.25) is 4.79 Å². The molecule has 1 saturated heterocycles. The second-order valence-corrected chi connectivity index (χ2v) is 5.76. The number of carbonyl (C=O) groups excluding carboxylic acids is 2. The Balaban J connectivity index is 1.77. The zero-order valence-corrected chi connectivity index (χ0v) is 13.4. The van der Waals surface area contributed by atoms with Crippen LogP contribution in [0.15, 0.2) is 24.3 Å². The Bertz CT molecular complexity index is 511. The first-order valence-electron chi connectivity index (χ1n) is 7.54. The number of alkyl carbamates (subject to hydrolysis) is 1. The van der Waals surface area contributed by atoms with Gasteiger partial charge in [0.2, 0.25) is 5.91 Å². The number of piperidine rings is 1. The van der Waals surface area contributed by atoms with Gasteiger partial charge in [0.05, 0.1) is 13.0 Å². The highest BCUT2D eigenvalue weighted by atomic mass is 35.5. The first-order valence-corrected chi connectivity index (χ1v) is 7.91. The van der Waals surface area contributed by atoms with Crippen LogP contribution in [0.3, 0.4) is 0 Å². The minimum Gasteiger partial charge on any atom is -0.450 e. The summed E-state index contributed by atoms with van der Waals surface area (Å²) in [6.07, 6.45) is 1.51. The highest BCUT2D eigenvalue weighted by Crippen LogP contribution is 2.14. The molecular formula is C16H21ClN2O3. The number of ether oxygens (including phenoxy) is 1. The molecule has 0 aromatic heterocycles. The van der Waals surface area contributed by atoms with Crippen LogP contribution in [0.25, 0.3) is 0 Å². The van der Waals surface area contributed by atoms with E-state index in [0.29, 0.717) is 31.1 Å². The van der Waals surface area contributed by atoms with Crippen LogP contribution in [0, 0.1) is 0 Å². The fraction of sp³-hybridized carbons (Fsp3) is 0.500. The standard InChI is InChI=1S/C16H21ClN2O3/c1-2-22-16(21)18-14-7-9-19(10-8-14)15(20)11-12-3-5-13(17)6-4-12/h3-6,14H,2,7-11H2,1H3,(H,18,21). The van der Waals surface area contributed by atoms with E-state index >= 15 is 0 Å². The van der Waals surface area contributed by atoms with Crippen LogP contribution < -0.4 is 5.32 Å². The van der Waals surface area contributed by atoms with Crippen molar-refractivity contribution in [1.29, 1.82) is 0 Å². The molecule has 0 spiro atoms. The van der Waals surface area contributed by atoms with Crippen LogP contribution in [-0.2, 0) is 16.0 Å². The molecule has 0 radical (unpaired) electrons. The molecule has 1 aliphatic rings. The summed E-state index contributed by atoms with van der Waals surface area (Å²) in [5.74, 6) is 0.108. The molecule has 0 unspecified atom stereocenters. The Hall–Kier alpha value is -1.75. The van der Waals surface area contributed by atoms with Crippen molar-refractivity contribution in [3.05, 3.63) is 34.9 Å². The lowest BCUT2D eigenvalue weighted by atomic mass is 10.0. The van der Waals surface area contributed by atoms with E-state index in [9.17, 15) is 9.59 Å². The van der Waals surface area contributed by atoms with E-state index < -0.39 is 0 Å². The van der Waals surface area contributed by atoms with Gasteiger partial charge >= 0.3 is 6.09 Å². The molecule has 1 aliphatic heterocycles. The van der Waals surface area contributed by atoms with Gasteiger partial charge in [0, 0.05) is 24.2 Å². The first-order chi connectivity index (χ1) is 10.6. The molecule has 1 N–H and O–H groups in total. The second-order valence-electron chi connectivity index (χ2n) is 5.32. The van der Waals surface area contributed by atoms with Crippen molar-refractivity contribution in [2.75, 3.05) is 19.7 Å². The molecule has 1 fully saturated rings. The van der Waals surface area contributed by atoms with Gasteiger partial charge in [-0.15, -0.1) is 0 Å². The van der Waals surface area contributed by atoms with Crippen LogP contribution in [-0.4, -0.2) is 42.6 Å². The Labute approximate surface area is 135 Å². The molecule has 0 saturated carbocycles. The summed E-state index contributed by atoms with van der Waals surface area (Å²) in [6.45, 7) is 3.45. The quantitative estimate of drug-likeness (QED) is 0.926. The molecule has 5 nitrogen and oxygen atoms in total. The molecule has 1 aromatic carbocycles. The SMILES string of the molecule is CCOC(=O)NC1CCN(C(=O)Cc2ccc(Cl)cc2)CC1. The van der Waals surface area contributed by atoms with Gasteiger partial charge in [0.25, 0.3) is 0 Å². The van der Waals surface area contributed by atoms with Crippen LogP contribution in [0.4, 0.5) is 4.79 Å². The highest BCUT2D eigenvalue weighted by Gasteiger charge is 2.24. The minimum absolute atomic E-state index is 0.0821. The van der Waals surface area contributed by atoms with Crippen molar-refractivity contribution in [2.45, 2.75) is 32.2 Å². The molecule has 1 aromatic rings. The van der Waals surface area contributed by atoms with Crippen LogP contribution in [0.1, 0.15) is 25.3 Å². The number of carbonyl (C=O) groups is 2. The van der Waals surface area contributed by atoms with Gasteiger partial charge < -0.3 is 15.0 Å². The minimum atomic E-state index is -0.381. The van der Waals surface area contributed by atoms with E-state index in [-0.39, 0.29) is 18.0 Å². The summed E-state index contributed by atoms with van der Waals surface area (Å²) < 4.78 is 4.87. The molecule has 2 amide bonds. The number of rotatable bonds is 4.